The molecule has 0 unspecified atom stereocenters. The molecule has 1 aliphatic carbocycles. The maximum atomic E-state index is 10.4. The van der Waals surface area contributed by atoms with Gasteiger partial charge in [0.25, 0.3) is 0 Å². The topological polar surface area (TPSA) is 62.5 Å². The first kappa shape index (κ1) is 33.8. The number of aromatic nitrogens is 3. The molecule has 57 heavy (non-hydrogen) atoms. The zero-order valence-corrected chi connectivity index (χ0v) is 30.9. The monoisotopic (exact) mass is 726 g/mol. The average molecular weight is 727 g/mol. The van der Waals surface area contributed by atoms with Crippen molar-refractivity contribution in [2.75, 3.05) is 0 Å². The molecule has 4 nitrogen and oxygen atoms in total. The Morgan fingerprint density at radius 1 is 0.351 bits per heavy atom. The van der Waals surface area contributed by atoms with Crippen molar-refractivity contribution in [3.05, 3.63) is 234 Å². The van der Waals surface area contributed by atoms with E-state index >= 15 is 0 Å². The Balaban J connectivity index is 1.12. The molecule has 0 radical (unpaired) electrons. The standard InChI is InChI=1S/C53H34N4/c54-35-43-21-14-26-47-49(43)46-32-31-41(34-48(46)53(47,44-22-9-3-10-23-44)45-24-11-4-12-25-45)40-19-13-20-42(33-40)52-56-50(38-17-7-2-8-18-38)55-51(57-52)39-29-27-37(28-30-39)36-15-5-1-6-16-36/h1-34H. The molecule has 0 fully saturated rings. The molecule has 4 heteroatoms. The van der Waals surface area contributed by atoms with Gasteiger partial charge in [0.15, 0.2) is 17.5 Å². The van der Waals surface area contributed by atoms with Gasteiger partial charge in [-0.05, 0) is 68.3 Å². The third-order valence-corrected chi connectivity index (χ3v) is 11.1. The first-order valence-electron chi connectivity index (χ1n) is 19.1. The first-order chi connectivity index (χ1) is 28.2. The number of hydrogen-bond donors (Lipinski definition) is 0. The summed E-state index contributed by atoms with van der Waals surface area (Å²) in [6.45, 7) is 0. The number of benzene rings is 8. The van der Waals surface area contributed by atoms with Crippen LogP contribution in [0.5, 0.6) is 0 Å². The lowest BCUT2D eigenvalue weighted by atomic mass is 9.67. The van der Waals surface area contributed by atoms with Crippen molar-refractivity contribution in [2.45, 2.75) is 5.41 Å². The van der Waals surface area contributed by atoms with Gasteiger partial charge in [-0.2, -0.15) is 5.26 Å². The van der Waals surface area contributed by atoms with E-state index in [0.717, 1.165) is 72.3 Å². The molecule has 0 amide bonds. The Bertz CT molecular complexity index is 2900. The van der Waals surface area contributed by atoms with Crippen LogP contribution in [0.3, 0.4) is 0 Å². The summed E-state index contributed by atoms with van der Waals surface area (Å²) in [4.78, 5) is 15.1. The second-order valence-corrected chi connectivity index (χ2v) is 14.3. The summed E-state index contributed by atoms with van der Waals surface area (Å²) in [5.74, 6) is 1.83. The SMILES string of the molecule is N#Cc1cccc2c1-c1ccc(-c3cccc(-c4nc(-c5ccccc5)nc(-c5ccc(-c6ccccc6)cc5)n4)c3)cc1C2(c1ccccc1)c1ccccc1. The van der Waals surface area contributed by atoms with Gasteiger partial charge >= 0.3 is 0 Å². The highest BCUT2D eigenvalue weighted by Crippen LogP contribution is 2.57. The normalized spacial score (nSPS) is 12.3. The van der Waals surface area contributed by atoms with E-state index < -0.39 is 5.41 Å². The lowest BCUT2D eigenvalue weighted by Gasteiger charge is -2.34. The lowest BCUT2D eigenvalue weighted by Crippen LogP contribution is -2.28. The average Bonchev–Trinajstić information content (AvgIpc) is 3.61. The molecule has 0 saturated carbocycles. The fourth-order valence-electron chi connectivity index (χ4n) is 8.44. The van der Waals surface area contributed by atoms with Crippen molar-refractivity contribution in [3.8, 4) is 73.6 Å². The van der Waals surface area contributed by atoms with Crippen LogP contribution in [0.4, 0.5) is 0 Å². The molecule has 0 spiro atoms. The highest BCUT2D eigenvalue weighted by molar-refractivity contribution is 5.91. The van der Waals surface area contributed by atoms with Crippen molar-refractivity contribution >= 4 is 0 Å². The number of nitrogens with zero attached hydrogens (tertiary/aromatic N) is 4. The summed E-state index contributed by atoms with van der Waals surface area (Å²) >= 11 is 0. The zero-order valence-electron chi connectivity index (χ0n) is 30.9. The second-order valence-electron chi connectivity index (χ2n) is 14.3. The highest BCUT2D eigenvalue weighted by atomic mass is 15.0. The summed E-state index contributed by atoms with van der Waals surface area (Å²) in [6.07, 6.45) is 0. The number of nitriles is 1. The predicted molar refractivity (Wildman–Crippen MR) is 229 cm³/mol. The van der Waals surface area contributed by atoms with Crippen molar-refractivity contribution in [3.63, 3.8) is 0 Å². The zero-order chi connectivity index (χ0) is 38.2. The molecule has 1 heterocycles. The molecular formula is C53H34N4. The molecule has 0 saturated heterocycles. The van der Waals surface area contributed by atoms with Crippen LogP contribution in [0, 0.1) is 11.3 Å². The number of fused-ring (bicyclic) bond motifs is 3. The maximum absolute atomic E-state index is 10.4. The largest absolute Gasteiger partial charge is 0.208 e. The van der Waals surface area contributed by atoms with Crippen molar-refractivity contribution in [1.82, 2.24) is 15.0 Å². The minimum absolute atomic E-state index is 0.600. The van der Waals surface area contributed by atoms with Gasteiger partial charge in [0.2, 0.25) is 0 Å². The summed E-state index contributed by atoms with van der Waals surface area (Å²) in [7, 11) is 0. The molecule has 266 valence electrons. The molecular weight excluding hydrogens is 693 g/mol. The van der Waals surface area contributed by atoms with Gasteiger partial charge in [-0.1, -0.05) is 188 Å². The van der Waals surface area contributed by atoms with E-state index in [1.807, 2.05) is 48.5 Å². The van der Waals surface area contributed by atoms with Crippen molar-refractivity contribution < 1.29 is 0 Å². The number of hydrogen-bond acceptors (Lipinski definition) is 4. The van der Waals surface area contributed by atoms with Gasteiger partial charge in [0, 0.05) is 22.3 Å². The smallest absolute Gasteiger partial charge is 0.164 e. The Kier molecular flexibility index (Phi) is 8.39. The van der Waals surface area contributed by atoms with E-state index in [4.69, 9.17) is 15.0 Å². The van der Waals surface area contributed by atoms with Gasteiger partial charge in [-0.25, -0.2) is 15.0 Å². The molecule has 8 aromatic carbocycles. The Morgan fingerprint density at radius 2 is 0.789 bits per heavy atom. The van der Waals surface area contributed by atoms with Gasteiger partial charge in [0.1, 0.15) is 0 Å². The predicted octanol–water partition coefficient (Wildman–Crippen LogP) is 12.4. The Hall–Kier alpha value is -7.74. The molecule has 1 aromatic heterocycles. The van der Waals surface area contributed by atoms with E-state index in [0.29, 0.717) is 23.0 Å². The van der Waals surface area contributed by atoms with Crippen LogP contribution < -0.4 is 0 Å². The van der Waals surface area contributed by atoms with E-state index in [1.54, 1.807) is 0 Å². The van der Waals surface area contributed by atoms with Crippen LogP contribution in [0.1, 0.15) is 27.8 Å². The van der Waals surface area contributed by atoms with E-state index in [-0.39, 0.29) is 0 Å². The minimum atomic E-state index is -0.628. The molecule has 0 atom stereocenters. The van der Waals surface area contributed by atoms with Crippen LogP contribution in [-0.4, -0.2) is 15.0 Å². The second kappa shape index (κ2) is 14.2. The van der Waals surface area contributed by atoms with Crippen LogP contribution in [0.25, 0.3) is 67.5 Å². The molecule has 10 rings (SSSR count). The van der Waals surface area contributed by atoms with Crippen LogP contribution in [0.2, 0.25) is 0 Å². The van der Waals surface area contributed by atoms with Crippen molar-refractivity contribution in [1.29, 1.82) is 5.26 Å². The van der Waals surface area contributed by atoms with E-state index in [1.165, 1.54) is 0 Å². The molecule has 0 N–H and O–H groups in total. The first-order valence-corrected chi connectivity index (χ1v) is 19.1. The lowest BCUT2D eigenvalue weighted by molar-refractivity contribution is 0.768. The summed E-state index contributed by atoms with van der Waals surface area (Å²) in [6, 6.07) is 73.9. The van der Waals surface area contributed by atoms with Gasteiger partial charge in [0.05, 0.1) is 17.0 Å². The maximum Gasteiger partial charge on any atom is 0.164 e. The minimum Gasteiger partial charge on any atom is -0.208 e. The third-order valence-electron chi connectivity index (χ3n) is 11.1. The van der Waals surface area contributed by atoms with Gasteiger partial charge in [-0.15, -0.1) is 0 Å². The number of rotatable bonds is 7. The van der Waals surface area contributed by atoms with Crippen LogP contribution >= 0.6 is 0 Å². The van der Waals surface area contributed by atoms with Gasteiger partial charge in [-0.3, -0.25) is 0 Å². The molecule has 0 bridgehead atoms. The quantitative estimate of drug-likeness (QED) is 0.164. The summed E-state index contributed by atoms with van der Waals surface area (Å²) in [5, 5.41) is 10.4. The fraction of sp³-hybridized carbons (Fsp3) is 0.0189. The molecule has 0 aliphatic heterocycles. The Morgan fingerprint density at radius 3 is 1.40 bits per heavy atom. The van der Waals surface area contributed by atoms with E-state index in [2.05, 4.69) is 164 Å². The van der Waals surface area contributed by atoms with Crippen LogP contribution in [0.15, 0.2) is 206 Å². The van der Waals surface area contributed by atoms with E-state index in [9.17, 15) is 5.26 Å². The fourth-order valence-corrected chi connectivity index (χ4v) is 8.44. The summed E-state index contributed by atoms with van der Waals surface area (Å²) < 4.78 is 0. The van der Waals surface area contributed by atoms with Crippen LogP contribution in [-0.2, 0) is 5.41 Å². The molecule has 9 aromatic rings. The molecule has 1 aliphatic rings. The van der Waals surface area contributed by atoms with Gasteiger partial charge < -0.3 is 0 Å². The highest BCUT2D eigenvalue weighted by Gasteiger charge is 2.47. The summed E-state index contributed by atoms with van der Waals surface area (Å²) in [5.41, 5.74) is 13.8. The third kappa shape index (κ3) is 5.82. The Labute approximate surface area is 332 Å². The van der Waals surface area contributed by atoms with Crippen molar-refractivity contribution in [2.24, 2.45) is 0 Å².